The van der Waals surface area contributed by atoms with Crippen LogP contribution in [0.25, 0.3) is 0 Å². The van der Waals surface area contributed by atoms with Crippen LogP contribution in [0.5, 0.6) is 0 Å². The molecule has 1 aromatic heterocycles. The number of hydrogen-bond acceptors (Lipinski definition) is 3. The molecule has 0 saturated heterocycles. The third-order valence-corrected chi connectivity index (χ3v) is 2.00. The smallest absolute Gasteiger partial charge is 0.218 e. The average Bonchev–Trinajstić information content (AvgIpc) is 2.32. The normalized spacial score (nSPS) is 10.5. The molecule has 18 heavy (non-hydrogen) atoms. The van der Waals surface area contributed by atoms with Crippen LogP contribution in [0.2, 0.25) is 0 Å². The summed E-state index contributed by atoms with van der Waals surface area (Å²) in [5.41, 5.74) is -1.09. The fourth-order valence-electron chi connectivity index (χ4n) is 1.21. The number of nitrogens with one attached hydrogen (secondary N) is 1. The van der Waals surface area contributed by atoms with Gasteiger partial charge >= 0.3 is 0 Å². The summed E-state index contributed by atoms with van der Waals surface area (Å²) in [6, 6.07) is 0.776. The molecule has 0 spiro atoms. The Hall–Kier alpha value is -2.25. The second-order valence-electron chi connectivity index (χ2n) is 3.19. The molecule has 1 heterocycles. The predicted molar refractivity (Wildman–Crippen MR) is 51.5 cm³/mol. The SMILES string of the molecule is Fc1cc(Nc2c(F)c(F)cc(F)c2F)ncn1. The molecule has 0 atom stereocenters. The summed E-state index contributed by atoms with van der Waals surface area (Å²) in [6.45, 7) is 0. The Morgan fingerprint density at radius 3 is 2.00 bits per heavy atom. The van der Waals surface area contributed by atoms with Crippen LogP contribution < -0.4 is 5.32 Å². The molecule has 1 aromatic carbocycles. The van der Waals surface area contributed by atoms with Crippen molar-refractivity contribution in [1.29, 1.82) is 0 Å². The third-order valence-electron chi connectivity index (χ3n) is 2.00. The average molecular weight is 261 g/mol. The molecule has 0 aliphatic carbocycles. The standard InChI is InChI=1S/C10H4F5N3/c11-4-1-5(12)9(15)10(8(4)14)18-7-2-6(13)16-3-17-7/h1-3H,(H,16,17,18). The number of hydrogen-bond donors (Lipinski definition) is 1. The van der Waals surface area contributed by atoms with Gasteiger partial charge in [0.2, 0.25) is 5.95 Å². The second kappa shape index (κ2) is 4.55. The molecule has 2 rings (SSSR count). The van der Waals surface area contributed by atoms with E-state index in [1.807, 2.05) is 5.32 Å². The zero-order valence-electron chi connectivity index (χ0n) is 8.52. The van der Waals surface area contributed by atoms with Gasteiger partial charge in [0.15, 0.2) is 23.3 Å². The third kappa shape index (κ3) is 2.22. The van der Waals surface area contributed by atoms with E-state index in [-0.39, 0.29) is 11.9 Å². The van der Waals surface area contributed by atoms with E-state index >= 15 is 0 Å². The Bertz CT molecular complexity index is 576. The summed E-state index contributed by atoms with van der Waals surface area (Å²) < 4.78 is 64.9. The van der Waals surface area contributed by atoms with Gasteiger partial charge < -0.3 is 5.32 Å². The van der Waals surface area contributed by atoms with Crippen molar-refractivity contribution in [2.45, 2.75) is 0 Å². The van der Waals surface area contributed by atoms with Crippen molar-refractivity contribution in [3.8, 4) is 0 Å². The first-order chi connectivity index (χ1) is 8.49. The van der Waals surface area contributed by atoms with Crippen molar-refractivity contribution in [2.24, 2.45) is 0 Å². The Morgan fingerprint density at radius 1 is 0.833 bits per heavy atom. The topological polar surface area (TPSA) is 37.8 Å². The van der Waals surface area contributed by atoms with Crippen LogP contribution in [0.1, 0.15) is 0 Å². The number of aromatic nitrogens is 2. The van der Waals surface area contributed by atoms with E-state index in [0.29, 0.717) is 6.07 Å². The quantitative estimate of drug-likeness (QED) is 0.513. The molecule has 0 bridgehead atoms. The number of benzene rings is 1. The van der Waals surface area contributed by atoms with Gasteiger partial charge in [-0.2, -0.15) is 4.39 Å². The first kappa shape index (κ1) is 12.2. The van der Waals surface area contributed by atoms with E-state index in [9.17, 15) is 22.0 Å². The van der Waals surface area contributed by atoms with Gasteiger partial charge in [-0.3, -0.25) is 0 Å². The molecule has 0 radical (unpaired) electrons. The lowest BCUT2D eigenvalue weighted by atomic mass is 10.2. The zero-order chi connectivity index (χ0) is 13.3. The number of halogens is 5. The van der Waals surface area contributed by atoms with Crippen LogP contribution in [0.15, 0.2) is 18.5 Å². The summed E-state index contributed by atoms with van der Waals surface area (Å²) in [7, 11) is 0. The highest BCUT2D eigenvalue weighted by Crippen LogP contribution is 2.26. The first-order valence-corrected chi connectivity index (χ1v) is 4.56. The lowest BCUT2D eigenvalue weighted by molar-refractivity contribution is 0.459. The number of anilines is 2. The highest BCUT2D eigenvalue weighted by Gasteiger charge is 2.19. The van der Waals surface area contributed by atoms with Gasteiger partial charge in [-0.05, 0) is 0 Å². The van der Waals surface area contributed by atoms with Crippen LogP contribution >= 0.6 is 0 Å². The predicted octanol–water partition coefficient (Wildman–Crippen LogP) is 2.92. The van der Waals surface area contributed by atoms with Gasteiger partial charge in [-0.25, -0.2) is 27.5 Å². The Labute approximate surface area is 97.3 Å². The molecular formula is C10H4F5N3. The van der Waals surface area contributed by atoms with Gasteiger partial charge in [0.1, 0.15) is 17.8 Å². The van der Waals surface area contributed by atoms with Gasteiger partial charge in [0.25, 0.3) is 0 Å². The van der Waals surface area contributed by atoms with Crippen molar-refractivity contribution in [3.63, 3.8) is 0 Å². The summed E-state index contributed by atoms with van der Waals surface area (Å²) >= 11 is 0. The molecular weight excluding hydrogens is 257 g/mol. The molecule has 0 unspecified atom stereocenters. The Morgan fingerprint density at radius 2 is 1.44 bits per heavy atom. The van der Waals surface area contributed by atoms with E-state index in [0.717, 1.165) is 6.33 Å². The molecule has 0 saturated carbocycles. The van der Waals surface area contributed by atoms with Gasteiger partial charge in [-0.15, -0.1) is 0 Å². The monoisotopic (exact) mass is 261 g/mol. The van der Waals surface area contributed by atoms with Crippen molar-refractivity contribution >= 4 is 11.5 Å². The van der Waals surface area contributed by atoms with E-state index in [1.165, 1.54) is 0 Å². The van der Waals surface area contributed by atoms with Gasteiger partial charge in [0, 0.05) is 12.1 Å². The molecule has 3 nitrogen and oxygen atoms in total. The zero-order valence-corrected chi connectivity index (χ0v) is 8.52. The largest absolute Gasteiger partial charge is 0.335 e. The summed E-state index contributed by atoms with van der Waals surface area (Å²) in [5, 5.41) is 1.94. The maximum Gasteiger partial charge on any atom is 0.218 e. The Kier molecular flexibility index (Phi) is 3.09. The van der Waals surface area contributed by atoms with Gasteiger partial charge in [0.05, 0.1) is 0 Å². The minimum absolute atomic E-state index is 0.0659. The van der Waals surface area contributed by atoms with E-state index in [2.05, 4.69) is 9.97 Å². The lowest BCUT2D eigenvalue weighted by Crippen LogP contribution is -2.04. The van der Waals surface area contributed by atoms with Crippen molar-refractivity contribution in [1.82, 2.24) is 9.97 Å². The number of rotatable bonds is 2. The highest BCUT2D eigenvalue weighted by molar-refractivity contribution is 5.57. The summed E-state index contributed by atoms with van der Waals surface area (Å²) in [5.74, 6) is -7.73. The van der Waals surface area contributed by atoms with Gasteiger partial charge in [-0.1, -0.05) is 0 Å². The van der Waals surface area contributed by atoms with E-state index in [4.69, 9.17) is 0 Å². The Balaban J connectivity index is 2.46. The fourth-order valence-corrected chi connectivity index (χ4v) is 1.21. The second-order valence-corrected chi connectivity index (χ2v) is 3.19. The van der Waals surface area contributed by atoms with Crippen LogP contribution in [-0.4, -0.2) is 9.97 Å². The summed E-state index contributed by atoms with van der Waals surface area (Å²) in [6.07, 6.45) is 0.781. The van der Waals surface area contributed by atoms with Crippen LogP contribution in [0, 0.1) is 29.2 Å². The van der Waals surface area contributed by atoms with Crippen LogP contribution in [-0.2, 0) is 0 Å². The minimum Gasteiger partial charge on any atom is -0.335 e. The molecule has 8 heteroatoms. The first-order valence-electron chi connectivity index (χ1n) is 4.56. The van der Waals surface area contributed by atoms with Crippen molar-refractivity contribution in [3.05, 3.63) is 47.7 Å². The number of nitrogens with zero attached hydrogens (tertiary/aromatic N) is 2. The molecule has 0 amide bonds. The molecule has 2 aromatic rings. The highest BCUT2D eigenvalue weighted by atomic mass is 19.2. The molecule has 0 aliphatic rings. The van der Waals surface area contributed by atoms with Crippen LogP contribution in [0.4, 0.5) is 33.5 Å². The maximum atomic E-state index is 13.2. The van der Waals surface area contributed by atoms with Crippen molar-refractivity contribution < 1.29 is 22.0 Å². The minimum atomic E-state index is -1.63. The molecule has 0 aliphatic heterocycles. The summed E-state index contributed by atoms with van der Waals surface area (Å²) in [4.78, 5) is 6.54. The molecule has 1 N–H and O–H groups in total. The lowest BCUT2D eigenvalue weighted by Gasteiger charge is -2.08. The van der Waals surface area contributed by atoms with E-state index < -0.39 is 34.9 Å². The van der Waals surface area contributed by atoms with Crippen molar-refractivity contribution in [2.75, 3.05) is 5.32 Å². The van der Waals surface area contributed by atoms with Crippen LogP contribution in [0.3, 0.4) is 0 Å². The fraction of sp³-hybridized carbons (Fsp3) is 0. The van der Waals surface area contributed by atoms with E-state index in [1.54, 1.807) is 0 Å². The molecule has 94 valence electrons. The molecule has 0 fully saturated rings. The maximum absolute atomic E-state index is 13.2.